The number of H-pyrrole nitrogens is 1. The lowest BCUT2D eigenvalue weighted by atomic mass is 10.1. The first-order valence-corrected chi connectivity index (χ1v) is 6.88. The minimum atomic E-state index is -0.0734. The molecule has 2 rings (SSSR count). The summed E-state index contributed by atoms with van der Waals surface area (Å²) < 4.78 is 5.56. The van der Waals surface area contributed by atoms with Crippen LogP contribution in [0.3, 0.4) is 0 Å². The number of hydrogen-bond acceptors (Lipinski definition) is 2. The molecule has 1 heterocycles. The van der Waals surface area contributed by atoms with Crippen LogP contribution in [0.5, 0.6) is 5.75 Å². The van der Waals surface area contributed by atoms with Gasteiger partial charge >= 0.3 is 0 Å². The standard InChI is InChI=1S/C14H14BrNO2/c1-2-18-13-6-4-3-5-11(13)12-8-7-10(9-15)14(17)16-12/h3-8H,2,9H2,1H3,(H,16,17). The van der Waals surface area contributed by atoms with Crippen LogP contribution in [0, 0.1) is 0 Å². The summed E-state index contributed by atoms with van der Waals surface area (Å²) in [5.74, 6) is 0.780. The van der Waals surface area contributed by atoms with E-state index in [2.05, 4.69) is 20.9 Å². The van der Waals surface area contributed by atoms with E-state index in [0.29, 0.717) is 17.5 Å². The molecule has 0 aliphatic heterocycles. The molecular weight excluding hydrogens is 294 g/mol. The molecule has 0 fully saturated rings. The quantitative estimate of drug-likeness (QED) is 0.880. The second-order valence-corrected chi connectivity index (χ2v) is 4.35. The van der Waals surface area contributed by atoms with E-state index in [1.54, 1.807) is 0 Å². The zero-order valence-corrected chi connectivity index (χ0v) is 11.7. The summed E-state index contributed by atoms with van der Waals surface area (Å²) in [6, 6.07) is 11.4. The van der Waals surface area contributed by atoms with Gasteiger partial charge in [-0.2, -0.15) is 0 Å². The number of rotatable bonds is 4. The highest BCUT2D eigenvalue weighted by Crippen LogP contribution is 2.27. The van der Waals surface area contributed by atoms with E-state index in [0.717, 1.165) is 17.0 Å². The fraction of sp³-hybridized carbons (Fsp3) is 0.214. The van der Waals surface area contributed by atoms with Crippen molar-refractivity contribution in [2.24, 2.45) is 0 Å². The molecular formula is C14H14BrNO2. The number of nitrogens with one attached hydrogen (secondary N) is 1. The fourth-order valence-corrected chi connectivity index (χ4v) is 2.18. The molecule has 0 radical (unpaired) electrons. The molecule has 0 aliphatic rings. The Kier molecular flexibility index (Phi) is 4.20. The van der Waals surface area contributed by atoms with Gasteiger partial charge in [0.2, 0.25) is 0 Å². The zero-order chi connectivity index (χ0) is 13.0. The van der Waals surface area contributed by atoms with Crippen molar-refractivity contribution in [1.82, 2.24) is 4.98 Å². The maximum absolute atomic E-state index is 11.8. The normalized spacial score (nSPS) is 10.3. The van der Waals surface area contributed by atoms with Crippen LogP contribution in [-0.4, -0.2) is 11.6 Å². The summed E-state index contributed by atoms with van der Waals surface area (Å²) in [6.07, 6.45) is 0. The van der Waals surface area contributed by atoms with Crippen molar-refractivity contribution in [3.8, 4) is 17.0 Å². The van der Waals surface area contributed by atoms with E-state index >= 15 is 0 Å². The minimum absolute atomic E-state index is 0.0734. The number of alkyl halides is 1. The molecule has 1 aromatic carbocycles. The van der Waals surface area contributed by atoms with Crippen molar-refractivity contribution in [1.29, 1.82) is 0 Å². The SMILES string of the molecule is CCOc1ccccc1-c1ccc(CBr)c(=O)[nH]1. The Balaban J connectivity index is 2.48. The monoisotopic (exact) mass is 307 g/mol. The molecule has 0 saturated heterocycles. The summed E-state index contributed by atoms with van der Waals surface area (Å²) in [5, 5.41) is 0.551. The first kappa shape index (κ1) is 12.9. The molecule has 0 atom stereocenters. The number of halogens is 1. The predicted molar refractivity (Wildman–Crippen MR) is 76.3 cm³/mol. The maximum Gasteiger partial charge on any atom is 0.252 e. The van der Waals surface area contributed by atoms with Gasteiger partial charge in [0.05, 0.1) is 12.3 Å². The van der Waals surface area contributed by atoms with Gasteiger partial charge in [-0.3, -0.25) is 4.79 Å². The molecule has 0 saturated carbocycles. The highest BCUT2D eigenvalue weighted by Gasteiger charge is 2.07. The van der Waals surface area contributed by atoms with Crippen molar-refractivity contribution < 1.29 is 4.74 Å². The summed E-state index contributed by atoms with van der Waals surface area (Å²) in [4.78, 5) is 14.7. The summed E-state index contributed by atoms with van der Waals surface area (Å²) in [7, 11) is 0. The maximum atomic E-state index is 11.8. The fourth-order valence-electron chi connectivity index (χ4n) is 1.74. The van der Waals surface area contributed by atoms with Gasteiger partial charge in [0.15, 0.2) is 0 Å². The number of benzene rings is 1. The van der Waals surface area contributed by atoms with E-state index in [1.165, 1.54) is 0 Å². The number of ether oxygens (including phenoxy) is 1. The van der Waals surface area contributed by atoms with Gasteiger partial charge in [0.1, 0.15) is 5.75 Å². The van der Waals surface area contributed by atoms with Crippen molar-refractivity contribution in [2.45, 2.75) is 12.3 Å². The van der Waals surface area contributed by atoms with Gasteiger partial charge < -0.3 is 9.72 Å². The van der Waals surface area contributed by atoms with Crippen LogP contribution < -0.4 is 10.3 Å². The van der Waals surface area contributed by atoms with Gasteiger partial charge in [0.25, 0.3) is 5.56 Å². The second-order valence-electron chi connectivity index (χ2n) is 3.79. The van der Waals surface area contributed by atoms with E-state index in [9.17, 15) is 4.79 Å². The lowest BCUT2D eigenvalue weighted by Gasteiger charge is -2.10. The number of aromatic amines is 1. The third-order valence-electron chi connectivity index (χ3n) is 2.61. The third-order valence-corrected chi connectivity index (χ3v) is 3.22. The van der Waals surface area contributed by atoms with Crippen LogP contribution in [0.25, 0.3) is 11.3 Å². The third kappa shape index (κ3) is 2.64. The Hall–Kier alpha value is -1.55. The van der Waals surface area contributed by atoms with Crippen molar-refractivity contribution in [3.63, 3.8) is 0 Å². The molecule has 2 aromatic rings. The predicted octanol–water partition coefficient (Wildman–Crippen LogP) is 3.34. The summed E-state index contributed by atoms with van der Waals surface area (Å²) >= 11 is 3.28. The highest BCUT2D eigenvalue weighted by atomic mass is 79.9. The van der Waals surface area contributed by atoms with E-state index in [-0.39, 0.29) is 5.56 Å². The van der Waals surface area contributed by atoms with Crippen LogP contribution >= 0.6 is 15.9 Å². The number of para-hydroxylation sites is 1. The topological polar surface area (TPSA) is 42.1 Å². The van der Waals surface area contributed by atoms with Crippen LogP contribution in [0.2, 0.25) is 0 Å². The van der Waals surface area contributed by atoms with Crippen molar-refractivity contribution in [2.75, 3.05) is 6.61 Å². The van der Waals surface area contributed by atoms with E-state index < -0.39 is 0 Å². The van der Waals surface area contributed by atoms with Crippen molar-refractivity contribution >= 4 is 15.9 Å². The zero-order valence-electron chi connectivity index (χ0n) is 10.1. The smallest absolute Gasteiger partial charge is 0.252 e. The molecule has 18 heavy (non-hydrogen) atoms. The molecule has 0 unspecified atom stereocenters. The molecule has 0 aliphatic carbocycles. The lowest BCUT2D eigenvalue weighted by molar-refractivity contribution is 0.341. The second kappa shape index (κ2) is 5.87. The Morgan fingerprint density at radius 2 is 2.00 bits per heavy atom. The molecule has 3 nitrogen and oxygen atoms in total. The van der Waals surface area contributed by atoms with Crippen LogP contribution in [0.15, 0.2) is 41.2 Å². The molecule has 1 aromatic heterocycles. The number of aromatic nitrogens is 1. The van der Waals surface area contributed by atoms with Gasteiger partial charge in [-0.25, -0.2) is 0 Å². The van der Waals surface area contributed by atoms with Gasteiger partial charge in [-0.1, -0.05) is 34.1 Å². The lowest BCUT2D eigenvalue weighted by Crippen LogP contribution is -2.11. The van der Waals surface area contributed by atoms with Crippen LogP contribution in [-0.2, 0) is 5.33 Å². The van der Waals surface area contributed by atoms with Gasteiger partial charge in [-0.05, 0) is 25.1 Å². The van der Waals surface area contributed by atoms with Crippen molar-refractivity contribution in [3.05, 3.63) is 52.3 Å². The Morgan fingerprint density at radius 1 is 1.22 bits per heavy atom. The number of pyridine rings is 1. The Bertz CT molecular complexity index is 592. The molecule has 0 spiro atoms. The van der Waals surface area contributed by atoms with E-state index in [4.69, 9.17) is 4.74 Å². The van der Waals surface area contributed by atoms with Gasteiger partial charge in [0, 0.05) is 16.5 Å². The average Bonchev–Trinajstić information content (AvgIpc) is 2.40. The molecule has 94 valence electrons. The highest BCUT2D eigenvalue weighted by molar-refractivity contribution is 9.08. The molecule has 1 N–H and O–H groups in total. The Labute approximate surface area is 114 Å². The Morgan fingerprint density at radius 3 is 2.67 bits per heavy atom. The van der Waals surface area contributed by atoms with Gasteiger partial charge in [-0.15, -0.1) is 0 Å². The largest absolute Gasteiger partial charge is 0.493 e. The minimum Gasteiger partial charge on any atom is -0.493 e. The number of hydrogen-bond donors (Lipinski definition) is 1. The average molecular weight is 308 g/mol. The van der Waals surface area contributed by atoms with E-state index in [1.807, 2.05) is 43.3 Å². The first-order valence-electron chi connectivity index (χ1n) is 5.76. The summed E-state index contributed by atoms with van der Waals surface area (Å²) in [6.45, 7) is 2.54. The van der Waals surface area contributed by atoms with Crippen LogP contribution in [0.1, 0.15) is 12.5 Å². The molecule has 4 heteroatoms. The summed E-state index contributed by atoms with van der Waals surface area (Å²) in [5.41, 5.74) is 2.31. The van der Waals surface area contributed by atoms with Crippen LogP contribution in [0.4, 0.5) is 0 Å². The first-order chi connectivity index (χ1) is 8.76. The molecule has 0 bridgehead atoms. The molecule has 0 amide bonds.